The molecule has 1 aliphatic carbocycles. The summed E-state index contributed by atoms with van der Waals surface area (Å²) in [6, 6.07) is 32.3. The van der Waals surface area contributed by atoms with E-state index in [9.17, 15) is 0 Å². The van der Waals surface area contributed by atoms with Crippen LogP contribution in [0, 0.1) is 0 Å². The molecule has 0 N–H and O–H groups in total. The largest absolute Gasteiger partial charge is 0.378 e. The van der Waals surface area contributed by atoms with Crippen molar-refractivity contribution >= 4 is 34.9 Å². The van der Waals surface area contributed by atoms with Gasteiger partial charge in [-0.2, -0.15) is 0 Å². The van der Waals surface area contributed by atoms with E-state index in [4.69, 9.17) is 4.99 Å². The van der Waals surface area contributed by atoms with Gasteiger partial charge in [-0.25, -0.2) is 0 Å². The van der Waals surface area contributed by atoms with Gasteiger partial charge in [-0.15, -0.1) is 0 Å². The monoisotopic (exact) mass is 443 g/mol. The average Bonchev–Trinajstić information content (AvgIpc) is 3.16. The highest BCUT2D eigenvalue weighted by Gasteiger charge is 2.23. The second-order valence-electron chi connectivity index (χ2n) is 9.06. The van der Waals surface area contributed by atoms with E-state index in [1.165, 1.54) is 44.8 Å². The number of hydrogen-bond acceptors (Lipinski definition) is 3. The molecule has 4 aromatic carbocycles. The molecular weight excluding hydrogens is 414 g/mol. The Labute approximate surface area is 202 Å². The maximum Gasteiger partial charge on any atom is 0.0636 e. The zero-order chi connectivity index (χ0) is 23.7. The molecule has 0 atom stereocenters. The second-order valence-corrected chi connectivity index (χ2v) is 9.06. The maximum atomic E-state index is 4.79. The number of rotatable bonds is 5. The van der Waals surface area contributed by atoms with Crippen LogP contribution in [0.15, 0.2) is 96.0 Å². The predicted octanol–water partition coefficient (Wildman–Crippen LogP) is 7.14. The Hall–Kier alpha value is -4.11. The van der Waals surface area contributed by atoms with Crippen molar-refractivity contribution in [1.29, 1.82) is 0 Å². The molecule has 0 radical (unpaired) electrons. The van der Waals surface area contributed by atoms with Crippen LogP contribution >= 0.6 is 0 Å². The van der Waals surface area contributed by atoms with Crippen LogP contribution in [0.25, 0.3) is 22.8 Å². The lowest BCUT2D eigenvalue weighted by molar-refractivity contribution is 1.13. The first-order valence-electron chi connectivity index (χ1n) is 11.5. The van der Waals surface area contributed by atoms with Crippen molar-refractivity contribution in [2.75, 3.05) is 38.0 Å². The van der Waals surface area contributed by atoms with Crippen molar-refractivity contribution in [3.63, 3.8) is 0 Å². The van der Waals surface area contributed by atoms with Crippen molar-refractivity contribution < 1.29 is 0 Å². The van der Waals surface area contributed by atoms with Crippen molar-refractivity contribution in [2.45, 2.75) is 0 Å². The Morgan fingerprint density at radius 3 is 1.74 bits per heavy atom. The molecule has 168 valence electrons. The second kappa shape index (κ2) is 9.03. The van der Waals surface area contributed by atoms with Gasteiger partial charge in [0.2, 0.25) is 0 Å². The Balaban J connectivity index is 1.51. The first-order chi connectivity index (χ1) is 16.5. The van der Waals surface area contributed by atoms with Gasteiger partial charge in [-0.1, -0.05) is 54.6 Å². The van der Waals surface area contributed by atoms with E-state index in [1.807, 2.05) is 20.3 Å². The number of nitrogens with zero attached hydrogens (tertiary/aromatic N) is 3. The topological polar surface area (TPSA) is 18.8 Å². The highest BCUT2D eigenvalue weighted by molar-refractivity contribution is 6.07. The summed E-state index contributed by atoms with van der Waals surface area (Å²) in [4.78, 5) is 9.01. The Bertz CT molecular complexity index is 1380. The fraction of sp³-hybridized carbons (Fsp3) is 0.129. The third-order valence-corrected chi connectivity index (χ3v) is 6.29. The van der Waals surface area contributed by atoms with Crippen molar-refractivity contribution in [1.82, 2.24) is 0 Å². The SMILES string of the molecule is CN(C)c1ccc(C=Nc2ccc3c(c2)C(=Cc2ccc(N(C)C)cc2)c2ccccc2-3)cc1. The number of fused-ring (bicyclic) bond motifs is 3. The molecule has 0 aliphatic heterocycles. The summed E-state index contributed by atoms with van der Waals surface area (Å²) in [6.07, 6.45) is 4.23. The van der Waals surface area contributed by atoms with Crippen LogP contribution in [-0.2, 0) is 0 Å². The molecule has 0 amide bonds. The molecule has 1 aliphatic rings. The zero-order valence-corrected chi connectivity index (χ0v) is 20.2. The zero-order valence-electron chi connectivity index (χ0n) is 20.2. The lowest BCUT2D eigenvalue weighted by atomic mass is 10.0. The minimum atomic E-state index is 0.956. The first-order valence-corrected chi connectivity index (χ1v) is 11.5. The summed E-state index contributed by atoms with van der Waals surface area (Å²) in [5, 5.41) is 0. The fourth-order valence-corrected chi connectivity index (χ4v) is 4.37. The van der Waals surface area contributed by atoms with Gasteiger partial charge >= 0.3 is 0 Å². The molecule has 3 heteroatoms. The van der Waals surface area contributed by atoms with Crippen LogP contribution in [0.5, 0.6) is 0 Å². The van der Waals surface area contributed by atoms with E-state index in [0.717, 1.165) is 11.3 Å². The Morgan fingerprint density at radius 2 is 1.12 bits per heavy atom. The molecule has 0 unspecified atom stereocenters. The van der Waals surface area contributed by atoms with Gasteiger partial charge in [-0.3, -0.25) is 4.99 Å². The van der Waals surface area contributed by atoms with Crippen LogP contribution in [0.1, 0.15) is 22.3 Å². The molecule has 4 aromatic rings. The Morgan fingerprint density at radius 1 is 0.559 bits per heavy atom. The molecule has 5 rings (SSSR count). The molecule has 0 spiro atoms. The molecule has 0 fully saturated rings. The highest BCUT2D eigenvalue weighted by Crippen LogP contribution is 2.46. The summed E-state index contributed by atoms with van der Waals surface area (Å²) >= 11 is 0. The van der Waals surface area contributed by atoms with Gasteiger partial charge in [-0.05, 0) is 81.4 Å². The van der Waals surface area contributed by atoms with Gasteiger partial charge in [0.05, 0.1) is 5.69 Å². The summed E-state index contributed by atoms with van der Waals surface area (Å²) in [5.74, 6) is 0. The Kier molecular flexibility index (Phi) is 5.77. The van der Waals surface area contributed by atoms with E-state index < -0.39 is 0 Å². The first kappa shape index (κ1) is 21.7. The van der Waals surface area contributed by atoms with E-state index in [2.05, 4.69) is 121 Å². The minimum Gasteiger partial charge on any atom is -0.378 e. The molecular formula is C31H29N3. The normalized spacial score (nSPS) is 13.2. The lowest BCUT2D eigenvalue weighted by Crippen LogP contribution is -2.08. The summed E-state index contributed by atoms with van der Waals surface area (Å²) in [7, 11) is 8.23. The van der Waals surface area contributed by atoms with Crippen LogP contribution in [0.4, 0.5) is 17.1 Å². The average molecular weight is 444 g/mol. The van der Waals surface area contributed by atoms with Crippen LogP contribution in [0.3, 0.4) is 0 Å². The third kappa shape index (κ3) is 4.25. The van der Waals surface area contributed by atoms with E-state index in [-0.39, 0.29) is 0 Å². The lowest BCUT2D eigenvalue weighted by Gasteiger charge is -2.12. The molecule has 0 saturated heterocycles. The maximum absolute atomic E-state index is 4.79. The standard InChI is InChI=1S/C31H29N3/c1-33(2)25-14-9-22(10-15-25)19-30-28-8-6-5-7-27(28)29-18-13-24(20-31(29)30)32-21-23-11-16-26(17-12-23)34(3)4/h5-21H,1-4H3. The fourth-order valence-electron chi connectivity index (χ4n) is 4.37. The van der Waals surface area contributed by atoms with Crippen molar-refractivity contribution in [2.24, 2.45) is 4.99 Å². The highest BCUT2D eigenvalue weighted by atomic mass is 15.1. The molecule has 0 bridgehead atoms. The van der Waals surface area contributed by atoms with Gasteiger partial charge in [0.15, 0.2) is 0 Å². The van der Waals surface area contributed by atoms with Gasteiger partial charge in [0.25, 0.3) is 0 Å². The van der Waals surface area contributed by atoms with E-state index in [1.54, 1.807) is 0 Å². The molecule has 0 heterocycles. The number of anilines is 2. The van der Waals surface area contributed by atoms with E-state index in [0.29, 0.717) is 0 Å². The van der Waals surface area contributed by atoms with Crippen molar-refractivity contribution in [3.05, 3.63) is 113 Å². The third-order valence-electron chi connectivity index (χ3n) is 6.29. The number of benzene rings is 4. The number of hydrogen-bond donors (Lipinski definition) is 0. The number of aliphatic imine (C=N–C) groups is 1. The van der Waals surface area contributed by atoms with Crippen LogP contribution < -0.4 is 9.80 Å². The molecule has 0 aromatic heterocycles. The van der Waals surface area contributed by atoms with Crippen LogP contribution in [0.2, 0.25) is 0 Å². The molecule has 0 saturated carbocycles. The van der Waals surface area contributed by atoms with Gasteiger partial charge < -0.3 is 9.80 Å². The quantitative estimate of drug-likeness (QED) is 0.269. The summed E-state index contributed by atoms with van der Waals surface area (Å²) in [6.45, 7) is 0. The summed E-state index contributed by atoms with van der Waals surface area (Å²) in [5.41, 5.74) is 11.9. The van der Waals surface area contributed by atoms with Crippen molar-refractivity contribution in [3.8, 4) is 11.1 Å². The van der Waals surface area contributed by atoms with Gasteiger partial charge in [0, 0.05) is 45.8 Å². The smallest absolute Gasteiger partial charge is 0.0636 e. The predicted molar refractivity (Wildman–Crippen MR) is 148 cm³/mol. The molecule has 3 nitrogen and oxygen atoms in total. The molecule has 34 heavy (non-hydrogen) atoms. The van der Waals surface area contributed by atoms with Crippen LogP contribution in [-0.4, -0.2) is 34.4 Å². The minimum absolute atomic E-state index is 0.956. The van der Waals surface area contributed by atoms with Gasteiger partial charge in [0.1, 0.15) is 0 Å². The van der Waals surface area contributed by atoms with E-state index >= 15 is 0 Å². The summed E-state index contributed by atoms with van der Waals surface area (Å²) < 4.78 is 0.